The maximum Gasteiger partial charge on any atom is 0.0594 e. The molecule has 0 aliphatic carbocycles. The SMILES string of the molecule is [CH]1CNCCN1CCN1CCOCC1. The van der Waals surface area contributed by atoms with Gasteiger partial charge in [-0.25, -0.2) is 0 Å². The van der Waals surface area contributed by atoms with Crippen LogP contribution in [0.1, 0.15) is 0 Å². The number of piperazine rings is 1. The minimum absolute atomic E-state index is 0.908. The number of ether oxygens (including phenoxy) is 1. The minimum Gasteiger partial charge on any atom is -0.379 e. The summed E-state index contributed by atoms with van der Waals surface area (Å²) < 4.78 is 5.32. The molecular formula is C10H20N3O. The van der Waals surface area contributed by atoms with Crippen LogP contribution in [0.15, 0.2) is 0 Å². The van der Waals surface area contributed by atoms with E-state index < -0.39 is 0 Å². The van der Waals surface area contributed by atoms with Gasteiger partial charge in [0, 0.05) is 52.4 Å². The van der Waals surface area contributed by atoms with E-state index in [2.05, 4.69) is 21.7 Å². The van der Waals surface area contributed by atoms with Gasteiger partial charge >= 0.3 is 0 Å². The summed E-state index contributed by atoms with van der Waals surface area (Å²) in [5.74, 6) is 0. The van der Waals surface area contributed by atoms with Crippen molar-refractivity contribution in [2.45, 2.75) is 0 Å². The second-order valence-electron chi connectivity index (χ2n) is 3.88. The third-order valence-corrected chi connectivity index (χ3v) is 2.88. The normalized spacial score (nSPS) is 26.6. The molecule has 2 fully saturated rings. The number of hydrogen-bond acceptors (Lipinski definition) is 4. The Hall–Kier alpha value is -0.160. The quantitative estimate of drug-likeness (QED) is 0.654. The first-order valence-corrected chi connectivity index (χ1v) is 5.53. The fraction of sp³-hybridized carbons (Fsp3) is 0.900. The molecule has 0 aromatic carbocycles. The summed E-state index contributed by atoms with van der Waals surface area (Å²) in [4.78, 5) is 4.91. The Morgan fingerprint density at radius 1 is 1.14 bits per heavy atom. The predicted octanol–water partition coefficient (Wildman–Crippen LogP) is -0.614. The van der Waals surface area contributed by atoms with E-state index in [-0.39, 0.29) is 0 Å². The van der Waals surface area contributed by atoms with Crippen LogP contribution in [-0.2, 0) is 4.74 Å². The van der Waals surface area contributed by atoms with Gasteiger partial charge in [-0.05, 0) is 0 Å². The monoisotopic (exact) mass is 198 g/mol. The lowest BCUT2D eigenvalue weighted by molar-refractivity contribution is 0.0342. The van der Waals surface area contributed by atoms with Crippen LogP contribution in [0.3, 0.4) is 0 Å². The molecule has 2 heterocycles. The second-order valence-corrected chi connectivity index (χ2v) is 3.88. The molecule has 2 aliphatic heterocycles. The zero-order chi connectivity index (χ0) is 9.64. The van der Waals surface area contributed by atoms with Crippen LogP contribution in [0.2, 0.25) is 0 Å². The van der Waals surface area contributed by atoms with Crippen molar-refractivity contribution in [1.29, 1.82) is 0 Å². The van der Waals surface area contributed by atoms with Crippen molar-refractivity contribution >= 4 is 0 Å². The van der Waals surface area contributed by atoms with Crippen LogP contribution in [0.25, 0.3) is 0 Å². The molecule has 0 aromatic heterocycles. The van der Waals surface area contributed by atoms with E-state index in [1.54, 1.807) is 0 Å². The Labute approximate surface area is 86.2 Å². The average Bonchev–Trinajstić information content (AvgIpc) is 2.29. The Morgan fingerprint density at radius 2 is 2.00 bits per heavy atom. The van der Waals surface area contributed by atoms with Gasteiger partial charge in [-0.3, -0.25) is 9.80 Å². The van der Waals surface area contributed by atoms with Gasteiger partial charge in [-0.15, -0.1) is 0 Å². The molecule has 0 aromatic rings. The molecule has 2 saturated heterocycles. The van der Waals surface area contributed by atoms with Crippen LogP contribution < -0.4 is 5.32 Å². The highest BCUT2D eigenvalue weighted by atomic mass is 16.5. The molecule has 0 atom stereocenters. The smallest absolute Gasteiger partial charge is 0.0594 e. The molecule has 0 unspecified atom stereocenters. The molecule has 1 radical (unpaired) electrons. The molecular weight excluding hydrogens is 178 g/mol. The van der Waals surface area contributed by atoms with Crippen LogP contribution in [0.4, 0.5) is 0 Å². The van der Waals surface area contributed by atoms with Crippen LogP contribution in [0.5, 0.6) is 0 Å². The number of hydrogen-bond donors (Lipinski definition) is 1. The van der Waals surface area contributed by atoms with E-state index in [9.17, 15) is 0 Å². The standard InChI is InChI=1S/C10H20N3O/c1-3-12(4-2-11-1)5-6-13-7-9-14-10-8-13/h3,11H,1-2,4-10H2. The lowest BCUT2D eigenvalue weighted by atomic mass is 10.3. The third kappa shape index (κ3) is 3.20. The highest BCUT2D eigenvalue weighted by Crippen LogP contribution is 2.00. The van der Waals surface area contributed by atoms with Gasteiger partial charge < -0.3 is 10.1 Å². The molecule has 1 N–H and O–H groups in total. The van der Waals surface area contributed by atoms with Gasteiger partial charge in [0.2, 0.25) is 0 Å². The molecule has 81 valence electrons. The van der Waals surface area contributed by atoms with Gasteiger partial charge in [0.1, 0.15) is 0 Å². The lowest BCUT2D eigenvalue weighted by Crippen LogP contribution is -2.45. The fourth-order valence-corrected chi connectivity index (χ4v) is 1.91. The van der Waals surface area contributed by atoms with E-state index in [4.69, 9.17) is 4.74 Å². The number of rotatable bonds is 3. The Bertz CT molecular complexity index is 135. The molecule has 2 aliphatic rings. The highest BCUT2D eigenvalue weighted by Gasteiger charge is 2.13. The summed E-state index contributed by atoms with van der Waals surface area (Å²) in [6, 6.07) is 0. The van der Waals surface area contributed by atoms with Crippen molar-refractivity contribution in [3.05, 3.63) is 6.54 Å². The van der Waals surface area contributed by atoms with Crippen molar-refractivity contribution in [3.63, 3.8) is 0 Å². The minimum atomic E-state index is 0.908. The molecule has 2 rings (SSSR count). The topological polar surface area (TPSA) is 27.7 Å². The maximum absolute atomic E-state index is 5.32. The Balaban J connectivity index is 1.60. The summed E-state index contributed by atoms with van der Waals surface area (Å²) >= 11 is 0. The first-order chi connectivity index (χ1) is 6.95. The number of nitrogens with one attached hydrogen (secondary N) is 1. The van der Waals surface area contributed by atoms with E-state index in [1.807, 2.05) is 0 Å². The summed E-state index contributed by atoms with van der Waals surface area (Å²) in [7, 11) is 0. The summed E-state index contributed by atoms with van der Waals surface area (Å²) in [6.07, 6.45) is 0. The second kappa shape index (κ2) is 5.66. The van der Waals surface area contributed by atoms with Gasteiger partial charge in [-0.2, -0.15) is 0 Å². The third-order valence-electron chi connectivity index (χ3n) is 2.88. The first-order valence-electron chi connectivity index (χ1n) is 5.53. The van der Waals surface area contributed by atoms with E-state index in [0.717, 1.165) is 45.9 Å². The van der Waals surface area contributed by atoms with Gasteiger partial charge in [0.05, 0.1) is 13.2 Å². The maximum atomic E-state index is 5.32. The summed E-state index contributed by atoms with van der Waals surface area (Å²) in [6.45, 7) is 12.0. The van der Waals surface area contributed by atoms with Crippen molar-refractivity contribution in [1.82, 2.24) is 15.1 Å². The first kappa shape index (κ1) is 10.4. The molecule has 0 amide bonds. The summed E-state index contributed by atoms with van der Waals surface area (Å²) in [5, 5.41) is 3.32. The summed E-state index contributed by atoms with van der Waals surface area (Å²) in [5.41, 5.74) is 0. The number of morpholine rings is 1. The average molecular weight is 198 g/mol. The van der Waals surface area contributed by atoms with Crippen LogP contribution in [0, 0.1) is 6.54 Å². The highest BCUT2D eigenvalue weighted by molar-refractivity contribution is 4.78. The van der Waals surface area contributed by atoms with Crippen molar-refractivity contribution in [2.75, 3.05) is 59.0 Å². The lowest BCUT2D eigenvalue weighted by Gasteiger charge is -2.31. The van der Waals surface area contributed by atoms with Crippen molar-refractivity contribution in [3.8, 4) is 0 Å². The van der Waals surface area contributed by atoms with Crippen molar-refractivity contribution < 1.29 is 4.74 Å². The molecule has 0 saturated carbocycles. The van der Waals surface area contributed by atoms with E-state index >= 15 is 0 Å². The fourth-order valence-electron chi connectivity index (χ4n) is 1.91. The van der Waals surface area contributed by atoms with Gasteiger partial charge in [0.25, 0.3) is 0 Å². The van der Waals surface area contributed by atoms with Crippen LogP contribution >= 0.6 is 0 Å². The molecule has 0 bridgehead atoms. The van der Waals surface area contributed by atoms with E-state index in [0.29, 0.717) is 0 Å². The largest absolute Gasteiger partial charge is 0.379 e. The van der Waals surface area contributed by atoms with Gasteiger partial charge in [-0.1, -0.05) is 0 Å². The molecule has 4 nitrogen and oxygen atoms in total. The van der Waals surface area contributed by atoms with Crippen LogP contribution in [-0.4, -0.2) is 68.8 Å². The van der Waals surface area contributed by atoms with Gasteiger partial charge in [0.15, 0.2) is 0 Å². The zero-order valence-corrected chi connectivity index (χ0v) is 8.74. The predicted molar refractivity (Wildman–Crippen MR) is 56.0 cm³/mol. The van der Waals surface area contributed by atoms with E-state index in [1.165, 1.54) is 13.1 Å². The van der Waals surface area contributed by atoms with Crippen molar-refractivity contribution in [2.24, 2.45) is 0 Å². The zero-order valence-electron chi connectivity index (χ0n) is 8.74. The number of nitrogens with zero attached hydrogens (tertiary/aromatic N) is 2. The Morgan fingerprint density at radius 3 is 2.71 bits per heavy atom. The molecule has 0 spiro atoms. The molecule has 4 heteroatoms. The Kier molecular flexibility index (Phi) is 4.19. The molecule has 14 heavy (non-hydrogen) atoms.